The van der Waals surface area contributed by atoms with Crippen molar-refractivity contribution in [2.24, 2.45) is 5.92 Å². The van der Waals surface area contributed by atoms with Gasteiger partial charge >= 0.3 is 0 Å². The van der Waals surface area contributed by atoms with Gasteiger partial charge in [-0.05, 0) is 58.2 Å². The smallest absolute Gasteiger partial charge is 0.278 e. The second-order valence-corrected chi connectivity index (χ2v) is 13.5. The highest BCUT2D eigenvalue weighted by Crippen LogP contribution is 2.44. The van der Waals surface area contributed by atoms with Crippen LogP contribution < -0.4 is 15.8 Å². The molecule has 8 bridgehead atoms. The van der Waals surface area contributed by atoms with Crippen LogP contribution in [0.5, 0.6) is 0 Å². The highest BCUT2D eigenvalue weighted by Gasteiger charge is 2.45. The topological polar surface area (TPSA) is 78.8 Å². The number of halogens is 3. The van der Waals surface area contributed by atoms with Crippen molar-refractivity contribution in [3.8, 4) is 0 Å². The van der Waals surface area contributed by atoms with E-state index >= 15 is 13.2 Å². The Balaban J connectivity index is 1.30. The fourth-order valence-corrected chi connectivity index (χ4v) is 7.60. The first-order valence-corrected chi connectivity index (χ1v) is 17.1. The molecule has 12 heteroatoms. The van der Waals surface area contributed by atoms with Crippen LogP contribution in [0.15, 0.2) is 35.4 Å². The molecule has 47 heavy (non-hydrogen) atoms. The highest BCUT2D eigenvalue weighted by atomic mass is 19.3. The molecule has 0 spiro atoms. The molecule has 0 amide bonds. The predicted molar refractivity (Wildman–Crippen MR) is 177 cm³/mol. The molecule has 0 saturated carbocycles. The predicted octanol–water partition coefficient (Wildman–Crippen LogP) is 5.39. The summed E-state index contributed by atoms with van der Waals surface area (Å²) in [7, 11) is 0. The number of nitrogens with zero attached hydrogens (tertiary/aromatic N) is 6. The first-order chi connectivity index (χ1) is 24.0. The number of hydrogen-bond acceptors (Lipinski definition) is 8. The summed E-state index contributed by atoms with van der Waals surface area (Å²) in [5.74, 6) is -5.68. The first kappa shape index (κ1) is 28.8. The number of rotatable bonds is 2. The summed E-state index contributed by atoms with van der Waals surface area (Å²) < 4.78 is 80.7. The Bertz CT molecular complexity index is 1720. The zero-order valence-electron chi connectivity index (χ0n) is 29.8. The van der Waals surface area contributed by atoms with E-state index in [1.165, 1.54) is 18.5 Å². The van der Waals surface area contributed by atoms with Gasteiger partial charge in [0.2, 0.25) is 0 Å². The van der Waals surface area contributed by atoms with Crippen LogP contribution in [0.2, 0.25) is 0 Å². The molecule has 3 saturated heterocycles. The lowest BCUT2D eigenvalue weighted by Gasteiger charge is -2.43. The van der Waals surface area contributed by atoms with E-state index in [0.29, 0.717) is 68.7 Å². The molecule has 1 atom stereocenters. The Hall–Kier alpha value is -3.22. The third-order valence-electron chi connectivity index (χ3n) is 10.6. The molecule has 0 unspecified atom stereocenters. The number of piperidine rings is 1. The summed E-state index contributed by atoms with van der Waals surface area (Å²) in [4.78, 5) is 29.6. The number of nitrogens with one attached hydrogen (secondary N) is 1. The molecule has 9 nitrogen and oxygen atoms in total. The maximum Gasteiger partial charge on any atom is 0.278 e. The van der Waals surface area contributed by atoms with Gasteiger partial charge in [0.05, 0.1) is 36.2 Å². The van der Waals surface area contributed by atoms with E-state index in [2.05, 4.69) is 25.1 Å². The SMILES string of the molecule is [2H]C([2H])([2H])[C@H]1Nc2ncnc3c2cc(N2CCN(C4COC4)CC2)c(=O)n3CCCCCCCN2CCC(CC2)C(F)(F)c2cccc1c2F. The molecule has 0 radical (unpaired) electrons. The zero-order chi connectivity index (χ0) is 35.0. The average Bonchev–Trinajstić information content (AvgIpc) is 3.06. The Morgan fingerprint density at radius 2 is 1.70 bits per heavy atom. The normalized spacial score (nSPS) is 27.7. The number of aryl methyl sites for hydroxylation is 1. The molecule has 254 valence electrons. The van der Waals surface area contributed by atoms with Crippen molar-refractivity contribution < 1.29 is 22.0 Å². The van der Waals surface area contributed by atoms with Gasteiger partial charge in [-0.3, -0.25) is 14.3 Å². The number of alkyl halides is 2. The van der Waals surface area contributed by atoms with Gasteiger partial charge in [0.15, 0.2) is 0 Å². The van der Waals surface area contributed by atoms with Crippen LogP contribution >= 0.6 is 0 Å². The van der Waals surface area contributed by atoms with Crippen molar-refractivity contribution in [2.45, 2.75) is 76.3 Å². The molecule has 1 N–H and O–H groups in total. The summed E-state index contributed by atoms with van der Waals surface area (Å²) in [5.41, 5.74) is -0.561. The molecule has 7 heterocycles. The second kappa shape index (κ2) is 13.7. The number of ether oxygens (including phenoxy) is 1. The fraction of sp³-hybridized carbons (Fsp3) is 0.629. The summed E-state index contributed by atoms with van der Waals surface area (Å²) >= 11 is 0. The monoisotopic (exact) mass is 656 g/mol. The van der Waals surface area contributed by atoms with Gasteiger partial charge in [-0.2, -0.15) is 0 Å². The number of anilines is 2. The minimum atomic E-state index is -3.48. The molecule has 3 aromatic rings. The van der Waals surface area contributed by atoms with E-state index in [1.54, 1.807) is 10.6 Å². The third kappa shape index (κ3) is 6.48. The third-order valence-corrected chi connectivity index (χ3v) is 10.6. The summed E-state index contributed by atoms with van der Waals surface area (Å²) in [6, 6.07) is 3.99. The van der Waals surface area contributed by atoms with Crippen LogP contribution in [0.3, 0.4) is 0 Å². The summed E-state index contributed by atoms with van der Waals surface area (Å²) in [6.07, 6.45) is 6.28. The van der Waals surface area contributed by atoms with Crippen LogP contribution in [-0.2, 0) is 17.2 Å². The van der Waals surface area contributed by atoms with Crippen LogP contribution in [-0.4, -0.2) is 89.4 Å². The second-order valence-electron chi connectivity index (χ2n) is 13.5. The molecule has 2 aromatic heterocycles. The van der Waals surface area contributed by atoms with E-state index in [4.69, 9.17) is 8.85 Å². The molecule has 3 fully saturated rings. The van der Waals surface area contributed by atoms with Crippen LogP contribution in [0, 0.1) is 11.7 Å². The van der Waals surface area contributed by atoms with E-state index in [-0.39, 0.29) is 29.8 Å². The lowest BCUT2D eigenvalue weighted by molar-refractivity contribution is -0.0880. The van der Waals surface area contributed by atoms with Gasteiger partial charge in [-0.15, -0.1) is 0 Å². The maximum absolute atomic E-state index is 16.3. The lowest BCUT2D eigenvalue weighted by Crippen LogP contribution is -2.57. The van der Waals surface area contributed by atoms with Crippen molar-refractivity contribution in [1.82, 2.24) is 24.3 Å². The molecule has 1 aromatic carbocycles. The Morgan fingerprint density at radius 3 is 2.43 bits per heavy atom. The van der Waals surface area contributed by atoms with Gasteiger partial charge in [-0.1, -0.05) is 37.5 Å². The van der Waals surface area contributed by atoms with E-state index in [1.807, 2.05) is 4.90 Å². The van der Waals surface area contributed by atoms with Crippen molar-refractivity contribution in [3.63, 3.8) is 0 Å². The summed E-state index contributed by atoms with van der Waals surface area (Å²) in [6.45, 7) is 3.60. The van der Waals surface area contributed by atoms with Crippen molar-refractivity contribution in [1.29, 1.82) is 0 Å². The average molecular weight is 657 g/mol. The maximum atomic E-state index is 16.3. The molecular weight excluding hydrogens is 607 g/mol. The summed E-state index contributed by atoms with van der Waals surface area (Å²) in [5, 5.41) is 3.33. The van der Waals surface area contributed by atoms with Crippen LogP contribution in [0.1, 0.15) is 73.1 Å². The largest absolute Gasteiger partial charge is 0.378 e. The molecule has 5 aliphatic rings. The number of benzene rings is 1. The van der Waals surface area contributed by atoms with E-state index in [9.17, 15) is 4.79 Å². The van der Waals surface area contributed by atoms with Gasteiger partial charge in [0, 0.05) is 48.3 Å². The lowest BCUT2D eigenvalue weighted by atomic mass is 9.85. The van der Waals surface area contributed by atoms with E-state index in [0.717, 1.165) is 57.8 Å². The van der Waals surface area contributed by atoms with Crippen molar-refractivity contribution in [3.05, 3.63) is 57.9 Å². The Morgan fingerprint density at radius 1 is 0.957 bits per heavy atom. The zero-order valence-corrected chi connectivity index (χ0v) is 26.8. The molecule has 8 rings (SSSR count). The minimum absolute atomic E-state index is 0.0891. The van der Waals surface area contributed by atoms with Gasteiger partial charge in [0.1, 0.15) is 29.3 Å². The van der Waals surface area contributed by atoms with Crippen molar-refractivity contribution in [2.75, 3.05) is 69.2 Å². The van der Waals surface area contributed by atoms with Crippen LogP contribution in [0.25, 0.3) is 11.0 Å². The number of piperazine rings is 1. The number of aromatic nitrogens is 3. The van der Waals surface area contributed by atoms with Gasteiger partial charge < -0.3 is 19.9 Å². The van der Waals surface area contributed by atoms with Crippen LogP contribution in [0.4, 0.5) is 24.7 Å². The van der Waals surface area contributed by atoms with Gasteiger partial charge in [-0.25, -0.2) is 23.1 Å². The van der Waals surface area contributed by atoms with E-state index < -0.39 is 36.1 Å². The highest BCUT2D eigenvalue weighted by molar-refractivity contribution is 5.89. The minimum Gasteiger partial charge on any atom is -0.378 e. The molecule has 0 aliphatic carbocycles. The van der Waals surface area contributed by atoms with Crippen molar-refractivity contribution >= 4 is 22.5 Å². The number of hydrogen-bond donors (Lipinski definition) is 1. The Kier molecular flexibility index (Phi) is 8.40. The standard InChI is InChI=1S/C35H46F3N7O2/c1-24-27-8-7-9-29(31(27)36)35(37,38)25-10-14-42(15-11-25)12-5-3-2-4-6-13-45-33-28(32(41-24)39-23-40-33)20-30(34(45)46)44-18-16-43(17-19-44)26-21-47-22-26/h7-9,20,23-26H,2-6,10-19,21-22H2,1H3,(H,39,40,41)/t24-/m1/s1/i1D3. The first-order valence-electron chi connectivity index (χ1n) is 18.6. The number of fused-ring (bicyclic) bond motifs is 9. The fourth-order valence-electron chi connectivity index (χ4n) is 7.60. The molecule has 5 aliphatic heterocycles. The Labute approximate surface area is 278 Å². The molecular formula is C35H46F3N7O2. The number of pyridine rings is 1. The van der Waals surface area contributed by atoms with Gasteiger partial charge in [0.25, 0.3) is 11.5 Å². The quantitative estimate of drug-likeness (QED) is 0.394.